The van der Waals surface area contributed by atoms with E-state index in [1.54, 1.807) is 6.07 Å². The second-order valence-electron chi connectivity index (χ2n) is 3.45. The van der Waals surface area contributed by atoms with Crippen LogP contribution in [0.4, 0.5) is 0 Å². The third-order valence-electron chi connectivity index (χ3n) is 2.62. The molecule has 2 rings (SSSR count). The van der Waals surface area contributed by atoms with Crippen molar-refractivity contribution in [3.05, 3.63) is 28.8 Å². The Kier molecular flexibility index (Phi) is 3.30. The highest BCUT2D eigenvalue weighted by atomic mass is 35.5. The second-order valence-corrected chi connectivity index (χ2v) is 4.98. The standard InChI is InChI=1S/C11H13ClN2OS/c1-3-14(4-2)11-10-8(12)6-5-7-9(10)16(15)13-11/h5-7H,3-4H2,1-2H3. The number of hydrogen-bond acceptors (Lipinski definition) is 2. The molecule has 16 heavy (non-hydrogen) atoms. The molecule has 1 aromatic carbocycles. The van der Waals surface area contributed by atoms with Gasteiger partial charge in [0.05, 0.1) is 15.5 Å². The van der Waals surface area contributed by atoms with Crippen molar-refractivity contribution in [3.8, 4) is 0 Å². The first-order valence-corrected chi connectivity index (χ1v) is 6.71. The molecule has 1 aliphatic heterocycles. The lowest BCUT2D eigenvalue weighted by molar-refractivity contribution is 0.467. The Labute approximate surface area is 103 Å². The van der Waals surface area contributed by atoms with Crippen molar-refractivity contribution >= 4 is 28.4 Å². The van der Waals surface area contributed by atoms with Crippen molar-refractivity contribution in [1.29, 1.82) is 0 Å². The van der Waals surface area contributed by atoms with Gasteiger partial charge in [-0.2, -0.15) is 4.40 Å². The first-order chi connectivity index (χ1) is 7.69. The third kappa shape index (κ3) is 1.76. The molecule has 3 nitrogen and oxygen atoms in total. The van der Waals surface area contributed by atoms with Gasteiger partial charge in [0.2, 0.25) is 0 Å². The van der Waals surface area contributed by atoms with Crippen LogP contribution >= 0.6 is 11.6 Å². The van der Waals surface area contributed by atoms with Crippen molar-refractivity contribution in [3.63, 3.8) is 0 Å². The van der Waals surface area contributed by atoms with Crippen LogP contribution in [0.3, 0.4) is 0 Å². The summed E-state index contributed by atoms with van der Waals surface area (Å²) in [4.78, 5) is 2.78. The minimum atomic E-state index is -1.30. The monoisotopic (exact) mass is 256 g/mol. The Bertz CT molecular complexity index is 469. The number of benzene rings is 1. The number of rotatable bonds is 2. The second kappa shape index (κ2) is 4.55. The van der Waals surface area contributed by atoms with Crippen molar-refractivity contribution < 1.29 is 4.21 Å². The number of fused-ring (bicyclic) bond motifs is 1. The van der Waals surface area contributed by atoms with Crippen molar-refractivity contribution in [2.45, 2.75) is 18.7 Å². The van der Waals surface area contributed by atoms with Crippen LogP contribution in [0.1, 0.15) is 19.4 Å². The predicted octanol–water partition coefficient (Wildman–Crippen LogP) is 2.46. The van der Waals surface area contributed by atoms with Crippen LogP contribution in [-0.2, 0) is 11.0 Å². The lowest BCUT2D eigenvalue weighted by atomic mass is 10.2. The Morgan fingerprint density at radius 2 is 2.06 bits per heavy atom. The topological polar surface area (TPSA) is 32.7 Å². The molecule has 0 spiro atoms. The van der Waals surface area contributed by atoms with Crippen LogP contribution in [0.2, 0.25) is 5.02 Å². The van der Waals surface area contributed by atoms with Crippen LogP contribution < -0.4 is 0 Å². The zero-order chi connectivity index (χ0) is 11.7. The largest absolute Gasteiger partial charge is 0.356 e. The van der Waals surface area contributed by atoms with E-state index in [0.29, 0.717) is 5.02 Å². The average Bonchev–Trinajstić information content (AvgIpc) is 2.60. The predicted molar refractivity (Wildman–Crippen MR) is 67.3 cm³/mol. The molecular formula is C11H13ClN2OS. The van der Waals surface area contributed by atoms with Gasteiger partial charge in [-0.3, -0.25) is 0 Å². The smallest absolute Gasteiger partial charge is 0.175 e. The maximum atomic E-state index is 11.8. The van der Waals surface area contributed by atoms with Crippen LogP contribution in [0.5, 0.6) is 0 Å². The highest BCUT2D eigenvalue weighted by Crippen LogP contribution is 2.30. The van der Waals surface area contributed by atoms with E-state index in [-0.39, 0.29) is 0 Å². The Balaban J connectivity index is 2.54. The number of nitrogens with zero attached hydrogens (tertiary/aromatic N) is 2. The Hall–Kier alpha value is -0.870. The van der Waals surface area contributed by atoms with Gasteiger partial charge in [0.25, 0.3) is 0 Å². The first-order valence-electron chi connectivity index (χ1n) is 5.23. The van der Waals surface area contributed by atoms with Crippen LogP contribution in [0.15, 0.2) is 27.5 Å². The lowest BCUT2D eigenvalue weighted by Crippen LogP contribution is -2.30. The van der Waals surface area contributed by atoms with Gasteiger partial charge < -0.3 is 4.90 Å². The molecule has 5 heteroatoms. The Morgan fingerprint density at radius 3 is 2.69 bits per heavy atom. The molecule has 0 N–H and O–H groups in total. The summed E-state index contributed by atoms with van der Waals surface area (Å²) in [5.41, 5.74) is 0.825. The van der Waals surface area contributed by atoms with Gasteiger partial charge in [0.15, 0.2) is 11.0 Å². The maximum Gasteiger partial charge on any atom is 0.175 e. The van der Waals surface area contributed by atoms with E-state index >= 15 is 0 Å². The van der Waals surface area contributed by atoms with Gasteiger partial charge >= 0.3 is 0 Å². The molecule has 0 amide bonds. The van der Waals surface area contributed by atoms with E-state index < -0.39 is 11.0 Å². The molecule has 1 heterocycles. The zero-order valence-electron chi connectivity index (χ0n) is 9.24. The fraction of sp³-hybridized carbons (Fsp3) is 0.364. The van der Waals surface area contributed by atoms with E-state index in [9.17, 15) is 4.21 Å². The van der Waals surface area contributed by atoms with Crippen molar-refractivity contribution in [1.82, 2.24) is 4.90 Å². The number of halogens is 1. The van der Waals surface area contributed by atoms with E-state index in [1.807, 2.05) is 26.0 Å². The molecular weight excluding hydrogens is 244 g/mol. The Morgan fingerprint density at radius 1 is 1.38 bits per heavy atom. The first kappa shape index (κ1) is 11.6. The summed E-state index contributed by atoms with van der Waals surface area (Å²) in [6.07, 6.45) is 0. The molecule has 0 radical (unpaired) electrons. The van der Waals surface area contributed by atoms with Gasteiger partial charge in [0.1, 0.15) is 5.84 Å². The molecule has 0 aliphatic carbocycles. The van der Waals surface area contributed by atoms with E-state index in [2.05, 4.69) is 9.30 Å². The van der Waals surface area contributed by atoms with Crippen molar-refractivity contribution in [2.75, 3.05) is 13.1 Å². The highest BCUT2D eigenvalue weighted by Gasteiger charge is 2.27. The minimum absolute atomic E-state index is 0.619. The van der Waals surface area contributed by atoms with Gasteiger partial charge in [-0.1, -0.05) is 17.7 Å². The highest BCUT2D eigenvalue weighted by molar-refractivity contribution is 7.84. The zero-order valence-corrected chi connectivity index (χ0v) is 10.8. The molecule has 1 aliphatic rings. The van der Waals surface area contributed by atoms with Crippen LogP contribution in [0.25, 0.3) is 0 Å². The molecule has 0 aromatic heterocycles. The summed E-state index contributed by atoms with van der Waals surface area (Å²) in [5, 5.41) is 0.619. The fourth-order valence-corrected chi connectivity index (χ4v) is 3.13. The molecule has 86 valence electrons. The van der Waals surface area contributed by atoms with Gasteiger partial charge in [-0.15, -0.1) is 0 Å². The number of hydrogen-bond donors (Lipinski definition) is 0. The summed E-state index contributed by atoms with van der Waals surface area (Å²) in [6.45, 7) is 5.75. The number of amidine groups is 1. The van der Waals surface area contributed by atoms with E-state index in [4.69, 9.17) is 11.6 Å². The van der Waals surface area contributed by atoms with Gasteiger partial charge in [-0.25, -0.2) is 4.21 Å². The normalized spacial score (nSPS) is 18.2. The van der Waals surface area contributed by atoms with Gasteiger partial charge in [0, 0.05) is 13.1 Å². The summed E-state index contributed by atoms with van der Waals surface area (Å²) >= 11 is 6.15. The average molecular weight is 257 g/mol. The van der Waals surface area contributed by atoms with E-state index in [0.717, 1.165) is 29.4 Å². The summed E-state index contributed by atoms with van der Waals surface area (Å²) in [5.74, 6) is 0.754. The third-order valence-corrected chi connectivity index (χ3v) is 3.99. The van der Waals surface area contributed by atoms with Crippen LogP contribution in [-0.4, -0.2) is 28.0 Å². The SMILES string of the molecule is CCN(CC)C1=NS(=O)c2cccc(Cl)c21. The summed E-state index contributed by atoms with van der Waals surface area (Å²) in [6, 6.07) is 5.43. The molecule has 1 unspecified atom stereocenters. The minimum Gasteiger partial charge on any atom is -0.356 e. The fourth-order valence-electron chi connectivity index (χ4n) is 1.78. The van der Waals surface area contributed by atoms with E-state index in [1.165, 1.54) is 0 Å². The summed E-state index contributed by atoms with van der Waals surface area (Å²) in [7, 11) is -1.30. The maximum absolute atomic E-state index is 11.8. The molecule has 1 atom stereocenters. The van der Waals surface area contributed by atoms with Crippen LogP contribution in [0, 0.1) is 0 Å². The lowest BCUT2D eigenvalue weighted by Gasteiger charge is -2.21. The van der Waals surface area contributed by atoms with Gasteiger partial charge in [-0.05, 0) is 26.0 Å². The molecule has 0 saturated carbocycles. The molecule has 1 aromatic rings. The molecule has 0 bridgehead atoms. The van der Waals surface area contributed by atoms with Crippen molar-refractivity contribution in [2.24, 2.45) is 4.40 Å². The quantitative estimate of drug-likeness (QED) is 0.814. The molecule has 0 fully saturated rings. The summed E-state index contributed by atoms with van der Waals surface area (Å²) < 4.78 is 16.0. The molecule has 0 saturated heterocycles.